The summed E-state index contributed by atoms with van der Waals surface area (Å²) < 4.78 is 1.18. The Bertz CT molecular complexity index is 431. The van der Waals surface area contributed by atoms with E-state index >= 15 is 0 Å². The summed E-state index contributed by atoms with van der Waals surface area (Å²) in [6, 6.07) is 10.3. The van der Waals surface area contributed by atoms with E-state index in [0.29, 0.717) is 5.41 Å². The van der Waals surface area contributed by atoms with Gasteiger partial charge < -0.3 is 5.32 Å². The van der Waals surface area contributed by atoms with Gasteiger partial charge in [0.25, 0.3) is 0 Å². The van der Waals surface area contributed by atoms with Crippen LogP contribution in [0.3, 0.4) is 0 Å². The fourth-order valence-corrected chi connectivity index (χ4v) is 3.95. The molecule has 0 bridgehead atoms. The molecule has 2 aliphatic carbocycles. The van der Waals surface area contributed by atoms with Gasteiger partial charge in [0.15, 0.2) is 0 Å². The van der Waals surface area contributed by atoms with Crippen LogP contribution in [0.1, 0.15) is 57.4 Å². The van der Waals surface area contributed by atoms with Crippen LogP contribution >= 0.6 is 15.9 Å². The Morgan fingerprint density at radius 1 is 1.16 bits per heavy atom. The molecular formula is C17H24BrN. The molecule has 1 aromatic carbocycles. The van der Waals surface area contributed by atoms with Gasteiger partial charge in [-0.3, -0.25) is 0 Å². The smallest absolute Gasteiger partial charge is 0.0175 e. The Hall–Kier alpha value is -0.340. The quantitative estimate of drug-likeness (QED) is 0.838. The van der Waals surface area contributed by atoms with Crippen molar-refractivity contribution in [2.24, 2.45) is 5.41 Å². The molecule has 1 nitrogen and oxygen atoms in total. The largest absolute Gasteiger partial charge is 0.311 e. The third kappa shape index (κ3) is 2.90. The number of nitrogens with one attached hydrogen (secondary N) is 1. The molecule has 1 atom stereocenters. The molecule has 0 aliphatic heterocycles. The first kappa shape index (κ1) is 13.6. The maximum atomic E-state index is 3.91. The van der Waals surface area contributed by atoms with Crippen LogP contribution in [0.4, 0.5) is 0 Å². The monoisotopic (exact) mass is 321 g/mol. The van der Waals surface area contributed by atoms with Gasteiger partial charge >= 0.3 is 0 Å². The van der Waals surface area contributed by atoms with E-state index in [-0.39, 0.29) is 0 Å². The van der Waals surface area contributed by atoms with E-state index in [1.54, 1.807) is 0 Å². The highest BCUT2D eigenvalue weighted by Crippen LogP contribution is 2.42. The van der Waals surface area contributed by atoms with E-state index < -0.39 is 0 Å². The van der Waals surface area contributed by atoms with Crippen LogP contribution in [-0.2, 0) is 0 Å². The molecular weight excluding hydrogens is 298 g/mol. The first-order valence-corrected chi connectivity index (χ1v) is 8.35. The second-order valence-corrected chi connectivity index (χ2v) is 7.93. The number of rotatable bonds is 3. The highest BCUT2D eigenvalue weighted by molar-refractivity contribution is 9.10. The minimum Gasteiger partial charge on any atom is -0.311 e. The number of benzene rings is 1. The summed E-state index contributed by atoms with van der Waals surface area (Å²) in [5, 5.41) is 3.91. The normalized spacial score (nSPS) is 33.1. The molecule has 1 aromatic rings. The zero-order valence-electron chi connectivity index (χ0n) is 12.0. The minimum atomic E-state index is 0.503. The van der Waals surface area contributed by atoms with Crippen molar-refractivity contribution < 1.29 is 0 Å². The van der Waals surface area contributed by atoms with Gasteiger partial charge in [-0.15, -0.1) is 0 Å². The van der Waals surface area contributed by atoms with E-state index in [0.717, 1.165) is 18.0 Å². The highest BCUT2D eigenvalue weighted by atomic mass is 79.9. The maximum Gasteiger partial charge on any atom is 0.0175 e. The molecule has 2 fully saturated rings. The van der Waals surface area contributed by atoms with Gasteiger partial charge in [-0.1, -0.05) is 48.3 Å². The molecule has 19 heavy (non-hydrogen) atoms. The van der Waals surface area contributed by atoms with Gasteiger partial charge in [0.05, 0.1) is 0 Å². The third-order valence-corrected chi connectivity index (χ3v) is 5.70. The zero-order chi connectivity index (χ0) is 13.5. The second-order valence-electron chi connectivity index (χ2n) is 7.02. The standard InChI is InChI=1S/C17H24BrN/c1-17(2)9-3-4-16(17)19-15-10-13(11-15)12-5-7-14(18)8-6-12/h5-8,13,15-16,19H,3-4,9-11H2,1-2H3. The average Bonchev–Trinajstić information content (AvgIpc) is 2.64. The van der Waals surface area contributed by atoms with Crippen LogP contribution in [0, 0.1) is 5.41 Å². The van der Waals surface area contributed by atoms with Crippen molar-refractivity contribution in [2.45, 2.75) is 64.0 Å². The van der Waals surface area contributed by atoms with Crippen LogP contribution in [0.25, 0.3) is 0 Å². The van der Waals surface area contributed by atoms with Gasteiger partial charge in [-0.05, 0) is 54.7 Å². The fourth-order valence-electron chi connectivity index (χ4n) is 3.68. The lowest BCUT2D eigenvalue weighted by atomic mass is 9.74. The second kappa shape index (κ2) is 5.21. The van der Waals surface area contributed by atoms with Gasteiger partial charge in [0, 0.05) is 16.6 Å². The molecule has 0 spiro atoms. The van der Waals surface area contributed by atoms with Gasteiger partial charge in [0.2, 0.25) is 0 Å². The van der Waals surface area contributed by atoms with Gasteiger partial charge in [0.1, 0.15) is 0 Å². The Morgan fingerprint density at radius 3 is 2.42 bits per heavy atom. The van der Waals surface area contributed by atoms with Crippen molar-refractivity contribution in [3.63, 3.8) is 0 Å². The summed E-state index contributed by atoms with van der Waals surface area (Å²) in [4.78, 5) is 0. The Morgan fingerprint density at radius 2 is 1.84 bits per heavy atom. The predicted molar refractivity (Wildman–Crippen MR) is 84.5 cm³/mol. The first-order valence-electron chi connectivity index (χ1n) is 7.56. The molecule has 2 aliphatic rings. The van der Waals surface area contributed by atoms with Crippen molar-refractivity contribution in [1.82, 2.24) is 5.32 Å². The Labute approximate surface area is 125 Å². The Kier molecular flexibility index (Phi) is 3.74. The van der Waals surface area contributed by atoms with Crippen LogP contribution in [0.15, 0.2) is 28.7 Å². The average molecular weight is 322 g/mol. The first-order chi connectivity index (χ1) is 9.04. The summed E-state index contributed by atoms with van der Waals surface area (Å²) in [6.07, 6.45) is 6.77. The lowest BCUT2D eigenvalue weighted by molar-refractivity contribution is 0.202. The molecule has 3 rings (SSSR count). The number of hydrogen-bond donors (Lipinski definition) is 1. The molecule has 1 N–H and O–H groups in total. The predicted octanol–water partition coefficient (Wildman–Crippen LogP) is 4.86. The summed E-state index contributed by atoms with van der Waals surface area (Å²) in [7, 11) is 0. The summed E-state index contributed by atoms with van der Waals surface area (Å²) in [5.41, 5.74) is 2.01. The highest BCUT2D eigenvalue weighted by Gasteiger charge is 2.38. The molecule has 0 amide bonds. The molecule has 0 heterocycles. The van der Waals surface area contributed by atoms with Crippen molar-refractivity contribution in [3.8, 4) is 0 Å². The van der Waals surface area contributed by atoms with E-state index in [9.17, 15) is 0 Å². The maximum absolute atomic E-state index is 3.91. The summed E-state index contributed by atoms with van der Waals surface area (Å²) in [6.45, 7) is 4.84. The van der Waals surface area contributed by atoms with E-state index in [1.807, 2.05) is 0 Å². The minimum absolute atomic E-state index is 0.503. The third-order valence-electron chi connectivity index (χ3n) is 5.17. The molecule has 1 unspecified atom stereocenters. The van der Waals surface area contributed by atoms with Crippen LogP contribution in [0.5, 0.6) is 0 Å². The van der Waals surface area contributed by atoms with E-state index in [4.69, 9.17) is 0 Å². The van der Waals surface area contributed by atoms with Crippen molar-refractivity contribution >= 4 is 15.9 Å². The Balaban J connectivity index is 1.52. The molecule has 0 saturated heterocycles. The fraction of sp³-hybridized carbons (Fsp3) is 0.647. The number of halogens is 1. The van der Waals surface area contributed by atoms with Crippen LogP contribution in [-0.4, -0.2) is 12.1 Å². The zero-order valence-corrected chi connectivity index (χ0v) is 13.5. The van der Waals surface area contributed by atoms with Crippen LogP contribution < -0.4 is 5.32 Å². The molecule has 0 radical (unpaired) electrons. The molecule has 2 saturated carbocycles. The molecule has 0 aromatic heterocycles. The lowest BCUT2D eigenvalue weighted by Gasteiger charge is -2.41. The lowest BCUT2D eigenvalue weighted by Crippen LogP contribution is -2.49. The van der Waals surface area contributed by atoms with Gasteiger partial charge in [-0.2, -0.15) is 0 Å². The summed E-state index contributed by atoms with van der Waals surface area (Å²) in [5.74, 6) is 0.773. The molecule has 104 valence electrons. The van der Waals surface area contributed by atoms with Gasteiger partial charge in [-0.25, -0.2) is 0 Å². The molecule has 2 heteroatoms. The summed E-state index contributed by atoms with van der Waals surface area (Å²) >= 11 is 3.50. The van der Waals surface area contributed by atoms with E-state index in [1.165, 1.54) is 42.1 Å². The van der Waals surface area contributed by atoms with Crippen molar-refractivity contribution in [3.05, 3.63) is 34.3 Å². The topological polar surface area (TPSA) is 12.0 Å². The SMILES string of the molecule is CC1(C)CCCC1NC1CC(c2ccc(Br)cc2)C1. The van der Waals surface area contributed by atoms with E-state index in [2.05, 4.69) is 59.4 Å². The van der Waals surface area contributed by atoms with Crippen LogP contribution in [0.2, 0.25) is 0 Å². The van der Waals surface area contributed by atoms with Crippen molar-refractivity contribution in [1.29, 1.82) is 0 Å². The number of hydrogen-bond acceptors (Lipinski definition) is 1. The van der Waals surface area contributed by atoms with Crippen molar-refractivity contribution in [2.75, 3.05) is 0 Å².